The van der Waals surface area contributed by atoms with Gasteiger partial charge in [0.1, 0.15) is 11.9 Å². The van der Waals surface area contributed by atoms with Crippen LogP contribution < -0.4 is 14.9 Å². The second-order valence-corrected chi connectivity index (χ2v) is 8.61. The highest BCUT2D eigenvalue weighted by Crippen LogP contribution is 2.24. The lowest BCUT2D eigenvalue weighted by Crippen LogP contribution is -2.47. The van der Waals surface area contributed by atoms with Crippen LogP contribution in [0.2, 0.25) is 0 Å². The molecule has 9 heteroatoms. The number of carbonyl (C=O) groups excluding carboxylic acids is 2. The number of benzene rings is 2. The third-order valence-corrected chi connectivity index (χ3v) is 5.56. The molecular weight excluding hydrogens is 409 g/mol. The van der Waals surface area contributed by atoms with E-state index in [2.05, 4.69) is 10.6 Å². The summed E-state index contributed by atoms with van der Waals surface area (Å²) in [5, 5.41) is 5.42. The van der Waals surface area contributed by atoms with E-state index in [4.69, 9.17) is 0 Å². The van der Waals surface area contributed by atoms with Crippen LogP contribution in [-0.2, 0) is 14.8 Å². The molecule has 0 saturated carbocycles. The molecule has 2 rings (SSSR count). The smallest absolute Gasteiger partial charge is 0.253 e. The van der Waals surface area contributed by atoms with Crippen molar-refractivity contribution in [3.8, 4) is 0 Å². The maximum atomic E-state index is 13.3. The Morgan fingerprint density at radius 3 is 2.27 bits per heavy atom. The Labute approximate surface area is 176 Å². The zero-order chi connectivity index (χ0) is 22.3. The summed E-state index contributed by atoms with van der Waals surface area (Å²) in [7, 11) is -3.85. The average Bonchev–Trinajstić information content (AvgIpc) is 2.70. The van der Waals surface area contributed by atoms with Crippen molar-refractivity contribution in [3.05, 3.63) is 59.9 Å². The van der Waals surface area contributed by atoms with E-state index < -0.39 is 27.8 Å². The van der Waals surface area contributed by atoms with Crippen molar-refractivity contribution in [1.29, 1.82) is 0 Å². The lowest BCUT2D eigenvalue weighted by Gasteiger charge is -2.30. The highest BCUT2D eigenvalue weighted by Gasteiger charge is 2.32. The molecule has 2 N–H and O–H groups in total. The Hall–Kier alpha value is -2.94. The highest BCUT2D eigenvalue weighted by atomic mass is 32.2. The third-order valence-electron chi connectivity index (χ3n) is 4.38. The van der Waals surface area contributed by atoms with E-state index in [1.165, 1.54) is 12.1 Å². The fourth-order valence-electron chi connectivity index (χ4n) is 2.99. The van der Waals surface area contributed by atoms with Crippen LogP contribution in [-0.4, -0.2) is 39.1 Å². The summed E-state index contributed by atoms with van der Waals surface area (Å²) >= 11 is 0. The molecule has 0 bridgehead atoms. The SMILES string of the molecule is CCCNC(=O)c1ccccc1NC(=O)[C@@H](CC)N(c1ccc(F)cc1)S(C)(=O)=O. The topological polar surface area (TPSA) is 95.6 Å². The number of hydrogen-bond acceptors (Lipinski definition) is 4. The van der Waals surface area contributed by atoms with Gasteiger partial charge in [0.15, 0.2) is 0 Å². The molecule has 0 heterocycles. The zero-order valence-corrected chi connectivity index (χ0v) is 18.0. The van der Waals surface area contributed by atoms with Gasteiger partial charge in [0.05, 0.1) is 23.2 Å². The Kier molecular flexibility index (Phi) is 7.93. The van der Waals surface area contributed by atoms with E-state index in [9.17, 15) is 22.4 Å². The number of carbonyl (C=O) groups is 2. The number of amides is 2. The van der Waals surface area contributed by atoms with Gasteiger partial charge in [-0.05, 0) is 49.2 Å². The number of para-hydroxylation sites is 1. The van der Waals surface area contributed by atoms with Gasteiger partial charge in [-0.25, -0.2) is 12.8 Å². The Morgan fingerprint density at radius 2 is 1.70 bits per heavy atom. The maximum Gasteiger partial charge on any atom is 0.253 e. The first kappa shape index (κ1) is 23.3. The second kappa shape index (κ2) is 10.2. The standard InChI is InChI=1S/C21H26FN3O4S/c1-4-14-23-20(26)17-8-6-7-9-18(17)24-21(27)19(5-2)25(30(3,28)29)16-12-10-15(22)11-13-16/h6-13,19H,4-5,14H2,1-3H3,(H,23,26)(H,24,27)/t19-/m1/s1. The van der Waals surface area contributed by atoms with E-state index in [-0.39, 0.29) is 29.3 Å². The molecule has 2 aromatic carbocycles. The first-order valence-corrected chi connectivity index (χ1v) is 11.5. The van der Waals surface area contributed by atoms with Crippen LogP contribution in [0.1, 0.15) is 37.0 Å². The van der Waals surface area contributed by atoms with Crippen molar-refractivity contribution < 1.29 is 22.4 Å². The van der Waals surface area contributed by atoms with E-state index in [0.717, 1.165) is 29.1 Å². The Balaban J connectivity index is 2.36. The predicted octanol–water partition coefficient (Wildman–Crippen LogP) is 3.15. The summed E-state index contributed by atoms with van der Waals surface area (Å²) in [6.45, 7) is 4.09. The number of halogens is 1. The molecule has 0 aliphatic rings. The first-order chi connectivity index (χ1) is 14.2. The highest BCUT2D eigenvalue weighted by molar-refractivity contribution is 7.92. The van der Waals surface area contributed by atoms with Crippen molar-refractivity contribution in [3.63, 3.8) is 0 Å². The van der Waals surface area contributed by atoms with Crippen LogP contribution >= 0.6 is 0 Å². The van der Waals surface area contributed by atoms with E-state index in [1.807, 2.05) is 6.92 Å². The van der Waals surface area contributed by atoms with Crippen LogP contribution in [0.3, 0.4) is 0 Å². The van der Waals surface area contributed by atoms with Crippen molar-refractivity contribution in [2.75, 3.05) is 22.4 Å². The van der Waals surface area contributed by atoms with Gasteiger partial charge in [-0.2, -0.15) is 0 Å². The molecule has 0 aliphatic heterocycles. The number of nitrogens with one attached hydrogen (secondary N) is 2. The zero-order valence-electron chi connectivity index (χ0n) is 17.2. The molecule has 7 nitrogen and oxygen atoms in total. The molecule has 162 valence electrons. The normalized spacial score (nSPS) is 12.1. The lowest BCUT2D eigenvalue weighted by molar-refractivity contribution is -0.117. The number of anilines is 2. The molecule has 0 aromatic heterocycles. The molecule has 0 unspecified atom stereocenters. The monoisotopic (exact) mass is 435 g/mol. The van der Waals surface area contributed by atoms with Crippen LogP contribution in [0.4, 0.5) is 15.8 Å². The molecule has 2 aromatic rings. The molecule has 0 saturated heterocycles. The molecule has 0 radical (unpaired) electrons. The van der Waals surface area contributed by atoms with Gasteiger partial charge in [0.2, 0.25) is 15.9 Å². The van der Waals surface area contributed by atoms with Crippen LogP contribution in [0, 0.1) is 5.82 Å². The van der Waals surface area contributed by atoms with Crippen molar-refractivity contribution >= 4 is 33.2 Å². The minimum absolute atomic E-state index is 0.167. The lowest BCUT2D eigenvalue weighted by atomic mass is 10.1. The van der Waals surface area contributed by atoms with E-state index >= 15 is 0 Å². The van der Waals surface area contributed by atoms with Crippen LogP contribution in [0.5, 0.6) is 0 Å². The molecule has 30 heavy (non-hydrogen) atoms. The minimum atomic E-state index is -3.85. The summed E-state index contributed by atoms with van der Waals surface area (Å²) in [5.74, 6) is -1.45. The molecule has 0 spiro atoms. The molecule has 0 fully saturated rings. The first-order valence-electron chi connectivity index (χ1n) is 9.62. The van der Waals surface area contributed by atoms with Gasteiger partial charge >= 0.3 is 0 Å². The predicted molar refractivity (Wildman–Crippen MR) is 115 cm³/mol. The van der Waals surface area contributed by atoms with Gasteiger partial charge in [-0.15, -0.1) is 0 Å². The molecule has 0 aliphatic carbocycles. The largest absolute Gasteiger partial charge is 0.352 e. The van der Waals surface area contributed by atoms with Gasteiger partial charge in [0, 0.05) is 6.54 Å². The van der Waals surface area contributed by atoms with Crippen molar-refractivity contribution in [2.24, 2.45) is 0 Å². The second-order valence-electron chi connectivity index (χ2n) is 6.75. The van der Waals surface area contributed by atoms with Gasteiger partial charge in [0.25, 0.3) is 5.91 Å². The summed E-state index contributed by atoms with van der Waals surface area (Å²) in [4.78, 5) is 25.4. The summed E-state index contributed by atoms with van der Waals surface area (Å²) in [5.41, 5.74) is 0.735. The minimum Gasteiger partial charge on any atom is -0.352 e. The van der Waals surface area contributed by atoms with Crippen molar-refractivity contribution in [2.45, 2.75) is 32.7 Å². The van der Waals surface area contributed by atoms with Gasteiger partial charge in [-0.3, -0.25) is 13.9 Å². The number of rotatable bonds is 9. The quantitative estimate of drug-likeness (QED) is 0.633. The Morgan fingerprint density at radius 1 is 1.07 bits per heavy atom. The fourth-order valence-corrected chi connectivity index (χ4v) is 4.20. The van der Waals surface area contributed by atoms with Crippen LogP contribution in [0.25, 0.3) is 0 Å². The molecular formula is C21H26FN3O4S. The van der Waals surface area contributed by atoms with Crippen molar-refractivity contribution in [1.82, 2.24) is 5.32 Å². The van der Waals surface area contributed by atoms with E-state index in [0.29, 0.717) is 6.54 Å². The van der Waals surface area contributed by atoms with Gasteiger partial charge in [-0.1, -0.05) is 26.0 Å². The van der Waals surface area contributed by atoms with Gasteiger partial charge < -0.3 is 10.6 Å². The average molecular weight is 436 g/mol. The number of hydrogen-bond donors (Lipinski definition) is 2. The Bertz CT molecular complexity index is 994. The molecule has 1 atom stereocenters. The number of sulfonamides is 1. The fraction of sp³-hybridized carbons (Fsp3) is 0.333. The number of nitrogens with zero attached hydrogens (tertiary/aromatic N) is 1. The van der Waals surface area contributed by atoms with Crippen LogP contribution in [0.15, 0.2) is 48.5 Å². The summed E-state index contributed by atoms with van der Waals surface area (Å²) in [6, 6.07) is 10.3. The van der Waals surface area contributed by atoms with E-state index in [1.54, 1.807) is 31.2 Å². The summed E-state index contributed by atoms with van der Waals surface area (Å²) < 4.78 is 39.2. The summed E-state index contributed by atoms with van der Waals surface area (Å²) in [6.07, 6.45) is 1.91. The maximum absolute atomic E-state index is 13.3. The molecule has 2 amide bonds. The third kappa shape index (κ3) is 5.79.